The molecule has 2 heterocycles. The molecule has 1 fully saturated rings. The van der Waals surface area contributed by atoms with Crippen LogP contribution in [0.2, 0.25) is 0 Å². The number of hydrogen-bond donors (Lipinski definition) is 3. The lowest BCUT2D eigenvalue weighted by molar-refractivity contribution is -0.159. The molecule has 1 aliphatic rings. The smallest absolute Gasteiger partial charge is 0.306 e. The van der Waals surface area contributed by atoms with Crippen LogP contribution in [-0.4, -0.2) is 61.8 Å². The van der Waals surface area contributed by atoms with Crippen molar-refractivity contribution in [2.75, 3.05) is 6.61 Å². The van der Waals surface area contributed by atoms with E-state index in [1.165, 1.54) is 56.0 Å². The van der Waals surface area contributed by atoms with Gasteiger partial charge in [-0.1, -0.05) is 70.4 Å². The second-order valence-corrected chi connectivity index (χ2v) is 9.44. The lowest BCUT2D eigenvalue weighted by atomic mass is 10.1. The average Bonchev–Trinajstić information content (AvgIpc) is 3.47. The van der Waals surface area contributed by atoms with Gasteiger partial charge in [0.05, 0.1) is 6.61 Å². The Balaban J connectivity index is 1.59. The SMILES string of the molecule is CCCCCCCC/C=C/CCCCCCCC(=O)O[C@@H]1[C@H](O)[C@@H](CO)O[C@H]1n1cnc(C(N)=O)n1. The fraction of sp³-hybridized carbons (Fsp3) is 0.769. The normalized spacial score (nSPS) is 21.9. The van der Waals surface area contributed by atoms with Crippen LogP contribution in [0.25, 0.3) is 0 Å². The van der Waals surface area contributed by atoms with Crippen LogP contribution in [-0.2, 0) is 14.3 Å². The van der Waals surface area contributed by atoms with E-state index in [9.17, 15) is 19.8 Å². The molecule has 1 aromatic rings. The van der Waals surface area contributed by atoms with E-state index >= 15 is 0 Å². The molecule has 1 aliphatic heterocycles. The quantitative estimate of drug-likeness (QED) is 0.146. The Morgan fingerprint density at radius 2 is 1.67 bits per heavy atom. The monoisotopic (exact) mass is 508 g/mol. The largest absolute Gasteiger partial charge is 0.455 e. The Bertz CT molecular complexity index is 799. The summed E-state index contributed by atoms with van der Waals surface area (Å²) in [5.74, 6) is -1.50. The predicted octanol–water partition coefficient (Wildman–Crippen LogP) is 3.58. The summed E-state index contributed by atoms with van der Waals surface area (Å²) in [6.45, 7) is 1.78. The average molecular weight is 509 g/mol. The summed E-state index contributed by atoms with van der Waals surface area (Å²) in [7, 11) is 0. The molecule has 2 rings (SSSR count). The minimum absolute atomic E-state index is 0.223. The van der Waals surface area contributed by atoms with Crippen molar-refractivity contribution in [2.45, 2.75) is 121 Å². The van der Waals surface area contributed by atoms with Crippen LogP contribution in [0, 0.1) is 0 Å². The zero-order valence-corrected chi connectivity index (χ0v) is 21.6. The first-order valence-corrected chi connectivity index (χ1v) is 13.5. The lowest BCUT2D eigenvalue weighted by Crippen LogP contribution is -2.37. The molecule has 36 heavy (non-hydrogen) atoms. The van der Waals surface area contributed by atoms with E-state index < -0.39 is 43.0 Å². The molecule has 204 valence electrons. The fourth-order valence-electron chi connectivity index (χ4n) is 4.27. The van der Waals surface area contributed by atoms with Crippen molar-refractivity contribution in [3.63, 3.8) is 0 Å². The molecule has 1 amide bonds. The molecule has 0 bridgehead atoms. The number of aliphatic hydroxyl groups excluding tert-OH is 2. The van der Waals surface area contributed by atoms with Gasteiger partial charge < -0.3 is 25.4 Å². The van der Waals surface area contributed by atoms with Gasteiger partial charge in [0.1, 0.15) is 18.5 Å². The van der Waals surface area contributed by atoms with E-state index in [0.717, 1.165) is 32.1 Å². The zero-order chi connectivity index (χ0) is 26.2. The van der Waals surface area contributed by atoms with Gasteiger partial charge >= 0.3 is 5.97 Å². The number of hydrogen-bond acceptors (Lipinski definition) is 8. The van der Waals surface area contributed by atoms with Crippen molar-refractivity contribution in [3.05, 3.63) is 24.3 Å². The van der Waals surface area contributed by atoms with E-state index in [2.05, 4.69) is 29.2 Å². The van der Waals surface area contributed by atoms with Crippen molar-refractivity contribution in [1.82, 2.24) is 14.8 Å². The van der Waals surface area contributed by atoms with Crippen molar-refractivity contribution in [2.24, 2.45) is 5.73 Å². The number of aromatic nitrogens is 3. The van der Waals surface area contributed by atoms with Gasteiger partial charge in [0.25, 0.3) is 5.91 Å². The molecule has 0 radical (unpaired) electrons. The van der Waals surface area contributed by atoms with Gasteiger partial charge in [-0.15, -0.1) is 5.10 Å². The van der Waals surface area contributed by atoms with E-state index in [1.807, 2.05) is 0 Å². The van der Waals surface area contributed by atoms with Crippen LogP contribution >= 0.6 is 0 Å². The van der Waals surface area contributed by atoms with Gasteiger partial charge in [-0.05, 0) is 32.1 Å². The first kappa shape index (κ1) is 29.9. The van der Waals surface area contributed by atoms with Crippen LogP contribution in [0.1, 0.15) is 114 Å². The molecule has 0 spiro atoms. The maximum Gasteiger partial charge on any atom is 0.306 e. The third kappa shape index (κ3) is 10.4. The van der Waals surface area contributed by atoms with Gasteiger partial charge in [-0.3, -0.25) is 9.59 Å². The van der Waals surface area contributed by atoms with Gasteiger partial charge in [0, 0.05) is 6.42 Å². The van der Waals surface area contributed by atoms with Crippen molar-refractivity contribution < 1.29 is 29.3 Å². The van der Waals surface area contributed by atoms with Crippen LogP contribution < -0.4 is 5.73 Å². The standard InChI is InChI=1S/C26H44N4O6/c1-2-3-4-5-6-7-8-9-10-11-12-13-14-15-16-17-21(32)36-23-22(33)20(18-31)35-26(23)30-19-28-25(29-30)24(27)34/h9-10,19-20,22-23,26,31,33H,2-8,11-18H2,1H3,(H2,27,34)/b10-9+/t20-,22-,23-,26-/m1/s1. The van der Waals surface area contributed by atoms with E-state index in [0.29, 0.717) is 6.42 Å². The Kier molecular flexibility index (Phi) is 14.3. The number of carbonyl (C=O) groups is 2. The molecular formula is C26H44N4O6. The highest BCUT2D eigenvalue weighted by atomic mass is 16.6. The summed E-state index contributed by atoms with van der Waals surface area (Å²) < 4.78 is 12.2. The van der Waals surface area contributed by atoms with Gasteiger partial charge in [0.2, 0.25) is 5.82 Å². The number of esters is 1. The van der Waals surface area contributed by atoms with E-state index in [-0.39, 0.29) is 12.2 Å². The molecule has 4 atom stereocenters. The maximum atomic E-state index is 12.4. The fourth-order valence-corrected chi connectivity index (χ4v) is 4.27. The number of nitrogens with zero attached hydrogens (tertiary/aromatic N) is 3. The van der Waals surface area contributed by atoms with Crippen molar-refractivity contribution in [1.29, 1.82) is 0 Å². The van der Waals surface area contributed by atoms with Crippen LogP contribution in [0.5, 0.6) is 0 Å². The number of nitrogens with two attached hydrogens (primary N) is 1. The molecule has 10 heteroatoms. The van der Waals surface area contributed by atoms with Crippen LogP contribution in [0.15, 0.2) is 18.5 Å². The third-order valence-electron chi connectivity index (χ3n) is 6.39. The molecule has 0 saturated carbocycles. The van der Waals surface area contributed by atoms with Crippen molar-refractivity contribution >= 4 is 11.9 Å². The summed E-state index contributed by atoms with van der Waals surface area (Å²) in [5.41, 5.74) is 5.17. The number of allylic oxidation sites excluding steroid dienone is 2. The minimum atomic E-state index is -1.24. The summed E-state index contributed by atoms with van der Waals surface area (Å²) in [4.78, 5) is 27.4. The lowest BCUT2D eigenvalue weighted by Gasteiger charge is -2.20. The molecule has 0 aliphatic carbocycles. The number of aliphatic hydroxyl groups is 2. The summed E-state index contributed by atoms with van der Waals surface area (Å²) >= 11 is 0. The predicted molar refractivity (Wildman–Crippen MR) is 135 cm³/mol. The topological polar surface area (TPSA) is 150 Å². The first-order valence-electron chi connectivity index (χ1n) is 13.5. The van der Waals surface area contributed by atoms with E-state index in [1.54, 1.807) is 0 Å². The first-order chi connectivity index (χ1) is 17.5. The summed E-state index contributed by atoms with van der Waals surface area (Å²) in [6, 6.07) is 0. The number of rotatable bonds is 19. The van der Waals surface area contributed by atoms with Crippen molar-refractivity contribution in [3.8, 4) is 0 Å². The number of amides is 1. The molecule has 4 N–H and O–H groups in total. The van der Waals surface area contributed by atoms with E-state index in [4.69, 9.17) is 15.2 Å². The van der Waals surface area contributed by atoms with Crippen LogP contribution in [0.3, 0.4) is 0 Å². The Hall–Kier alpha value is -2.30. The maximum absolute atomic E-state index is 12.4. The number of primary amides is 1. The minimum Gasteiger partial charge on any atom is -0.455 e. The summed E-state index contributed by atoms with van der Waals surface area (Å²) in [6.07, 6.45) is 17.0. The number of carbonyl (C=O) groups excluding carboxylic acids is 2. The molecule has 1 aromatic heterocycles. The Morgan fingerprint density at radius 1 is 1.06 bits per heavy atom. The van der Waals surface area contributed by atoms with Crippen LogP contribution in [0.4, 0.5) is 0 Å². The Morgan fingerprint density at radius 3 is 2.25 bits per heavy atom. The molecule has 0 aromatic carbocycles. The van der Waals surface area contributed by atoms with Gasteiger partial charge in [-0.2, -0.15) is 0 Å². The zero-order valence-electron chi connectivity index (χ0n) is 21.6. The highest BCUT2D eigenvalue weighted by Crippen LogP contribution is 2.31. The van der Waals surface area contributed by atoms with Gasteiger partial charge in [0.15, 0.2) is 12.3 Å². The molecule has 0 unspecified atom stereocenters. The molecule has 10 nitrogen and oxygen atoms in total. The Labute approximate surface area is 214 Å². The van der Waals surface area contributed by atoms with Gasteiger partial charge in [-0.25, -0.2) is 9.67 Å². The number of ether oxygens (including phenoxy) is 2. The third-order valence-corrected chi connectivity index (χ3v) is 6.39. The molecule has 1 saturated heterocycles. The second kappa shape index (κ2) is 17.2. The number of unbranched alkanes of at least 4 members (excludes halogenated alkanes) is 11. The highest BCUT2D eigenvalue weighted by molar-refractivity contribution is 5.88. The second-order valence-electron chi connectivity index (χ2n) is 9.44. The highest BCUT2D eigenvalue weighted by Gasteiger charge is 2.47. The molecular weight excluding hydrogens is 464 g/mol. The summed E-state index contributed by atoms with van der Waals surface area (Å²) in [5, 5.41) is 23.8.